The van der Waals surface area contributed by atoms with Gasteiger partial charge in [-0.1, -0.05) is 0 Å². The van der Waals surface area contributed by atoms with Crippen molar-refractivity contribution in [2.45, 2.75) is 32.1 Å². The van der Waals surface area contributed by atoms with Crippen LogP contribution in [-0.2, 0) is 17.6 Å². The lowest BCUT2D eigenvalue weighted by Crippen LogP contribution is -2.31. The number of nitrogens with zero attached hydrogens (tertiary/aromatic N) is 4. The molecule has 1 aromatic carbocycles. The molecule has 4 N–H and O–H groups in total. The number of carbonyl (C=O) groups excluding carboxylic acids is 1. The van der Waals surface area contributed by atoms with Gasteiger partial charge in [0.25, 0.3) is 0 Å². The highest BCUT2D eigenvalue weighted by atomic mass is 16.1. The van der Waals surface area contributed by atoms with Gasteiger partial charge in [0.15, 0.2) is 0 Å². The van der Waals surface area contributed by atoms with Crippen LogP contribution >= 0.6 is 0 Å². The summed E-state index contributed by atoms with van der Waals surface area (Å²) in [5, 5.41) is 15.2. The Morgan fingerprint density at radius 1 is 1.28 bits per heavy atom. The van der Waals surface area contributed by atoms with Gasteiger partial charge < -0.3 is 21.3 Å². The molecule has 0 radical (unpaired) electrons. The van der Waals surface area contributed by atoms with Crippen LogP contribution in [0.5, 0.6) is 0 Å². The van der Waals surface area contributed by atoms with E-state index >= 15 is 0 Å². The molecule has 4 rings (SSSR count). The fourth-order valence-electron chi connectivity index (χ4n) is 4.18. The van der Waals surface area contributed by atoms with Crippen molar-refractivity contribution in [2.24, 2.45) is 5.92 Å². The van der Waals surface area contributed by atoms with E-state index in [4.69, 9.17) is 15.7 Å². The SMILES string of the molecule is CNC(=O)C1CCN(c2nc(Nc3cc(N)cc(C#N)c3)nc3c2CCCC3)C1. The normalized spacial score (nSPS) is 18.1. The van der Waals surface area contributed by atoms with Gasteiger partial charge in [0.05, 0.1) is 23.2 Å². The topological polar surface area (TPSA) is 120 Å². The smallest absolute Gasteiger partial charge is 0.229 e. The molecule has 1 atom stereocenters. The van der Waals surface area contributed by atoms with E-state index in [1.165, 1.54) is 5.56 Å². The molecule has 8 nitrogen and oxygen atoms in total. The van der Waals surface area contributed by atoms with Crippen LogP contribution in [0.15, 0.2) is 18.2 Å². The van der Waals surface area contributed by atoms with Crippen molar-refractivity contribution in [2.75, 3.05) is 36.1 Å². The second-order valence-corrected chi connectivity index (χ2v) is 7.63. The molecule has 29 heavy (non-hydrogen) atoms. The third-order valence-corrected chi connectivity index (χ3v) is 5.61. The molecule has 150 valence electrons. The largest absolute Gasteiger partial charge is 0.399 e. The molecule has 2 heterocycles. The van der Waals surface area contributed by atoms with Crippen LogP contribution in [0.4, 0.5) is 23.1 Å². The Hall–Kier alpha value is -3.34. The fraction of sp³-hybridized carbons (Fsp3) is 0.429. The first-order valence-electron chi connectivity index (χ1n) is 10.0. The van der Waals surface area contributed by atoms with Crippen LogP contribution < -0.4 is 21.3 Å². The summed E-state index contributed by atoms with van der Waals surface area (Å²) in [5.74, 6) is 1.49. The van der Waals surface area contributed by atoms with Gasteiger partial charge >= 0.3 is 0 Å². The zero-order chi connectivity index (χ0) is 20.4. The van der Waals surface area contributed by atoms with E-state index in [9.17, 15) is 10.1 Å². The number of aromatic nitrogens is 2. The first kappa shape index (κ1) is 19.0. The van der Waals surface area contributed by atoms with Crippen LogP contribution in [0.2, 0.25) is 0 Å². The number of amides is 1. The van der Waals surface area contributed by atoms with E-state index < -0.39 is 0 Å². The number of hydrogen-bond acceptors (Lipinski definition) is 7. The van der Waals surface area contributed by atoms with Gasteiger partial charge in [-0.15, -0.1) is 0 Å². The number of hydrogen-bond donors (Lipinski definition) is 3. The van der Waals surface area contributed by atoms with Gasteiger partial charge in [-0.05, 0) is 50.3 Å². The summed E-state index contributed by atoms with van der Waals surface area (Å²) in [6.07, 6.45) is 4.95. The molecular formula is C21H25N7O. The molecule has 1 amide bonds. The number of carbonyl (C=O) groups is 1. The monoisotopic (exact) mass is 391 g/mol. The average Bonchev–Trinajstić information content (AvgIpc) is 3.22. The molecule has 0 bridgehead atoms. The van der Waals surface area contributed by atoms with Crippen molar-refractivity contribution in [3.63, 3.8) is 0 Å². The number of fused-ring (bicyclic) bond motifs is 1. The lowest BCUT2D eigenvalue weighted by atomic mass is 9.96. The van der Waals surface area contributed by atoms with Crippen molar-refractivity contribution in [1.82, 2.24) is 15.3 Å². The Labute approximate surface area is 170 Å². The molecule has 1 unspecified atom stereocenters. The summed E-state index contributed by atoms with van der Waals surface area (Å²) >= 11 is 0. The van der Waals surface area contributed by atoms with Crippen molar-refractivity contribution in [1.29, 1.82) is 5.26 Å². The Morgan fingerprint density at radius 2 is 2.10 bits per heavy atom. The number of nitriles is 1. The van der Waals surface area contributed by atoms with Gasteiger partial charge in [0.1, 0.15) is 5.82 Å². The standard InChI is InChI=1S/C21H25N7O/c1-24-20(29)14-6-7-28(12-14)19-17-4-2-3-5-18(17)26-21(27-19)25-16-9-13(11-22)8-15(23)10-16/h8-10,14H,2-7,12,23H2,1H3,(H,24,29)(H,25,26,27). The lowest BCUT2D eigenvalue weighted by Gasteiger charge is -2.25. The number of benzene rings is 1. The lowest BCUT2D eigenvalue weighted by molar-refractivity contribution is -0.123. The second kappa shape index (κ2) is 7.95. The predicted molar refractivity (Wildman–Crippen MR) is 112 cm³/mol. The fourth-order valence-corrected chi connectivity index (χ4v) is 4.18. The number of nitrogens with two attached hydrogens (primary N) is 1. The highest BCUT2D eigenvalue weighted by Crippen LogP contribution is 2.33. The van der Waals surface area contributed by atoms with Crippen LogP contribution in [0.1, 0.15) is 36.1 Å². The Bertz CT molecular complexity index is 982. The summed E-state index contributed by atoms with van der Waals surface area (Å²) in [5.41, 5.74) is 9.86. The second-order valence-electron chi connectivity index (χ2n) is 7.63. The minimum absolute atomic E-state index is 0.0160. The number of aryl methyl sites for hydroxylation is 1. The van der Waals surface area contributed by atoms with E-state index in [1.807, 2.05) is 0 Å². The van der Waals surface area contributed by atoms with Crippen LogP contribution in [-0.4, -0.2) is 36.0 Å². The Kier molecular flexibility index (Phi) is 5.21. The van der Waals surface area contributed by atoms with Crippen molar-refractivity contribution >= 4 is 29.0 Å². The third-order valence-electron chi connectivity index (χ3n) is 5.61. The molecular weight excluding hydrogens is 366 g/mol. The van der Waals surface area contributed by atoms with Crippen LogP contribution in [0.3, 0.4) is 0 Å². The Balaban J connectivity index is 1.66. The van der Waals surface area contributed by atoms with E-state index in [-0.39, 0.29) is 11.8 Å². The minimum Gasteiger partial charge on any atom is -0.399 e. The number of anilines is 4. The first-order chi connectivity index (χ1) is 14.1. The van der Waals surface area contributed by atoms with Crippen molar-refractivity contribution in [3.8, 4) is 6.07 Å². The molecule has 1 saturated heterocycles. The summed E-state index contributed by atoms with van der Waals surface area (Å²) < 4.78 is 0. The molecule has 1 aliphatic heterocycles. The molecule has 2 aliphatic rings. The maximum atomic E-state index is 12.1. The van der Waals surface area contributed by atoms with E-state index in [0.29, 0.717) is 29.4 Å². The maximum absolute atomic E-state index is 12.1. The van der Waals surface area contributed by atoms with Gasteiger partial charge in [0, 0.05) is 37.1 Å². The van der Waals surface area contributed by atoms with E-state index in [1.54, 1.807) is 25.2 Å². The van der Waals surface area contributed by atoms with E-state index in [2.05, 4.69) is 21.6 Å². The summed E-state index contributed by atoms with van der Waals surface area (Å²) in [6.45, 7) is 1.47. The zero-order valence-corrected chi connectivity index (χ0v) is 16.5. The summed E-state index contributed by atoms with van der Waals surface area (Å²) in [4.78, 5) is 23.8. The predicted octanol–water partition coefficient (Wildman–Crippen LogP) is 2.13. The van der Waals surface area contributed by atoms with Gasteiger partial charge in [0.2, 0.25) is 11.9 Å². The van der Waals surface area contributed by atoms with Crippen LogP contribution in [0.25, 0.3) is 0 Å². The summed E-state index contributed by atoms with van der Waals surface area (Å²) in [6, 6.07) is 7.24. The molecule has 1 aliphatic carbocycles. The highest BCUT2D eigenvalue weighted by molar-refractivity contribution is 5.80. The maximum Gasteiger partial charge on any atom is 0.229 e. The third kappa shape index (κ3) is 3.94. The molecule has 0 spiro atoms. The average molecular weight is 391 g/mol. The first-order valence-corrected chi connectivity index (χ1v) is 10.0. The number of rotatable bonds is 4. The Morgan fingerprint density at radius 3 is 2.90 bits per heavy atom. The van der Waals surface area contributed by atoms with Gasteiger partial charge in [-0.25, -0.2) is 4.98 Å². The van der Waals surface area contributed by atoms with Crippen molar-refractivity contribution < 1.29 is 4.79 Å². The zero-order valence-electron chi connectivity index (χ0n) is 16.5. The summed E-state index contributed by atoms with van der Waals surface area (Å²) in [7, 11) is 1.68. The molecule has 0 saturated carbocycles. The molecule has 8 heteroatoms. The quantitative estimate of drug-likeness (QED) is 0.683. The molecule has 1 fully saturated rings. The number of nitrogen functional groups attached to an aromatic ring is 1. The van der Waals surface area contributed by atoms with Gasteiger partial charge in [-0.2, -0.15) is 10.2 Å². The molecule has 1 aromatic heterocycles. The van der Waals surface area contributed by atoms with Gasteiger partial charge in [-0.3, -0.25) is 4.79 Å². The highest BCUT2D eigenvalue weighted by Gasteiger charge is 2.31. The van der Waals surface area contributed by atoms with E-state index in [0.717, 1.165) is 50.2 Å². The minimum atomic E-state index is -0.0160. The van der Waals surface area contributed by atoms with Crippen LogP contribution in [0, 0.1) is 17.2 Å². The number of nitrogens with one attached hydrogen (secondary N) is 2. The van der Waals surface area contributed by atoms with Crippen molar-refractivity contribution in [3.05, 3.63) is 35.0 Å². The molecule has 2 aromatic rings.